The lowest BCUT2D eigenvalue weighted by Crippen LogP contribution is -2.12. The molecule has 2 aromatic carbocycles. The molecule has 0 aromatic heterocycles. The van der Waals surface area contributed by atoms with Gasteiger partial charge in [-0.25, -0.2) is 8.60 Å². The average Bonchev–Trinajstić information content (AvgIpc) is 2.44. The van der Waals surface area contributed by atoms with E-state index in [0.29, 0.717) is 15.5 Å². The van der Waals surface area contributed by atoms with Gasteiger partial charge in [-0.15, -0.1) is 0 Å². The monoisotopic (exact) mass is 294 g/mol. The first kappa shape index (κ1) is 14.7. The summed E-state index contributed by atoms with van der Waals surface area (Å²) in [4.78, 5) is 0.927. The molecule has 0 saturated heterocycles. The van der Waals surface area contributed by atoms with Crippen molar-refractivity contribution in [2.24, 2.45) is 0 Å². The van der Waals surface area contributed by atoms with E-state index in [1.165, 1.54) is 18.2 Å². The first-order valence-electron chi connectivity index (χ1n) is 6.14. The Morgan fingerprint density at radius 3 is 2.50 bits per heavy atom. The largest absolute Gasteiger partial charge is 0.491 e. The van der Waals surface area contributed by atoms with Crippen LogP contribution in [0, 0.1) is 5.82 Å². The zero-order chi connectivity index (χ0) is 14.5. The molecule has 20 heavy (non-hydrogen) atoms. The van der Waals surface area contributed by atoms with E-state index in [2.05, 4.69) is 0 Å². The number of aliphatic hydroxyl groups excluding tert-OH is 1. The summed E-state index contributed by atoms with van der Waals surface area (Å²) in [5.74, 6) is 0.102. The minimum atomic E-state index is -1.46. The third-order valence-corrected chi connectivity index (χ3v) is 3.89. The lowest BCUT2D eigenvalue weighted by molar-refractivity contribution is 0.122. The normalized spacial score (nSPS) is 13.8. The van der Waals surface area contributed by atoms with Gasteiger partial charge in [-0.2, -0.15) is 0 Å². The summed E-state index contributed by atoms with van der Waals surface area (Å²) in [6.45, 7) is 1.78. The standard InChI is InChI=1S/C15H15FO3S/c1-11(17)10-19-13-5-3-7-15(9-13)20(18)14-6-2-4-12(16)8-14/h2-9,11,17H,10H2,1H3. The van der Waals surface area contributed by atoms with Gasteiger partial charge in [0.05, 0.1) is 16.9 Å². The molecule has 5 heteroatoms. The van der Waals surface area contributed by atoms with Crippen LogP contribution in [0.2, 0.25) is 0 Å². The van der Waals surface area contributed by atoms with E-state index in [9.17, 15) is 13.7 Å². The molecule has 0 saturated carbocycles. The molecular formula is C15H15FO3S. The Balaban J connectivity index is 2.20. The number of halogens is 1. The summed E-state index contributed by atoms with van der Waals surface area (Å²) in [6.07, 6.45) is -0.577. The summed E-state index contributed by atoms with van der Waals surface area (Å²) in [5, 5.41) is 9.17. The Kier molecular flexibility index (Phi) is 4.87. The molecular weight excluding hydrogens is 279 g/mol. The zero-order valence-electron chi connectivity index (χ0n) is 11.0. The molecule has 0 bridgehead atoms. The molecule has 0 spiro atoms. The summed E-state index contributed by atoms with van der Waals surface area (Å²) in [6, 6.07) is 12.4. The van der Waals surface area contributed by atoms with Gasteiger partial charge in [0, 0.05) is 9.79 Å². The maximum absolute atomic E-state index is 13.1. The van der Waals surface area contributed by atoms with E-state index in [1.54, 1.807) is 37.3 Å². The molecule has 0 fully saturated rings. The van der Waals surface area contributed by atoms with Crippen molar-refractivity contribution in [3.8, 4) is 5.75 Å². The SMILES string of the molecule is CC(O)COc1cccc(S(=O)c2cccc(F)c2)c1. The molecule has 2 unspecified atom stereocenters. The van der Waals surface area contributed by atoms with E-state index in [4.69, 9.17) is 4.74 Å². The van der Waals surface area contributed by atoms with Crippen LogP contribution in [0.15, 0.2) is 58.3 Å². The minimum Gasteiger partial charge on any atom is -0.491 e. The van der Waals surface area contributed by atoms with Crippen molar-refractivity contribution in [3.05, 3.63) is 54.3 Å². The van der Waals surface area contributed by atoms with Crippen molar-refractivity contribution in [1.29, 1.82) is 0 Å². The third-order valence-electron chi connectivity index (χ3n) is 2.52. The van der Waals surface area contributed by atoms with Gasteiger partial charge in [-0.3, -0.25) is 0 Å². The van der Waals surface area contributed by atoms with Crippen LogP contribution in [0.1, 0.15) is 6.92 Å². The van der Waals surface area contributed by atoms with Gasteiger partial charge >= 0.3 is 0 Å². The topological polar surface area (TPSA) is 46.5 Å². The van der Waals surface area contributed by atoms with Crippen molar-refractivity contribution >= 4 is 10.8 Å². The fourth-order valence-electron chi connectivity index (χ4n) is 1.61. The Bertz CT molecular complexity index is 614. The molecule has 0 radical (unpaired) electrons. The first-order chi connectivity index (χ1) is 9.56. The molecule has 0 aliphatic heterocycles. The van der Waals surface area contributed by atoms with Gasteiger partial charge in [0.25, 0.3) is 0 Å². The maximum Gasteiger partial charge on any atom is 0.124 e. The second-order valence-corrected chi connectivity index (χ2v) is 5.84. The van der Waals surface area contributed by atoms with Crippen LogP contribution in [-0.2, 0) is 10.8 Å². The molecule has 0 aliphatic rings. The van der Waals surface area contributed by atoms with E-state index < -0.39 is 22.7 Å². The smallest absolute Gasteiger partial charge is 0.124 e. The van der Waals surface area contributed by atoms with Gasteiger partial charge < -0.3 is 9.84 Å². The van der Waals surface area contributed by atoms with E-state index >= 15 is 0 Å². The highest BCUT2D eigenvalue weighted by Crippen LogP contribution is 2.21. The summed E-state index contributed by atoms with van der Waals surface area (Å²) in [7, 11) is -1.46. The van der Waals surface area contributed by atoms with Crippen LogP contribution in [0.3, 0.4) is 0 Å². The van der Waals surface area contributed by atoms with Gasteiger partial charge in [0.15, 0.2) is 0 Å². The van der Waals surface area contributed by atoms with E-state index in [1.807, 2.05) is 0 Å². The van der Waals surface area contributed by atoms with Crippen molar-refractivity contribution in [2.75, 3.05) is 6.61 Å². The van der Waals surface area contributed by atoms with Gasteiger partial charge in [-0.05, 0) is 43.3 Å². The first-order valence-corrected chi connectivity index (χ1v) is 7.29. The van der Waals surface area contributed by atoms with Crippen LogP contribution in [0.25, 0.3) is 0 Å². The van der Waals surface area contributed by atoms with E-state index in [0.717, 1.165) is 0 Å². The predicted octanol–water partition coefficient (Wildman–Crippen LogP) is 2.75. The Morgan fingerprint density at radius 1 is 1.20 bits per heavy atom. The molecule has 2 rings (SSSR count). The molecule has 106 valence electrons. The van der Waals surface area contributed by atoms with Gasteiger partial charge in [-0.1, -0.05) is 12.1 Å². The van der Waals surface area contributed by atoms with Crippen LogP contribution in [0.5, 0.6) is 5.75 Å². The second-order valence-electron chi connectivity index (χ2n) is 4.36. The molecule has 0 amide bonds. The summed E-state index contributed by atoms with van der Waals surface area (Å²) < 4.78 is 30.8. The molecule has 0 aliphatic carbocycles. The molecule has 1 N–H and O–H groups in total. The average molecular weight is 294 g/mol. The van der Waals surface area contributed by atoms with Gasteiger partial charge in [0.2, 0.25) is 0 Å². The van der Waals surface area contributed by atoms with Crippen LogP contribution in [0.4, 0.5) is 4.39 Å². The van der Waals surface area contributed by atoms with E-state index in [-0.39, 0.29) is 6.61 Å². The minimum absolute atomic E-state index is 0.163. The third kappa shape index (κ3) is 3.88. The van der Waals surface area contributed by atoms with Crippen LogP contribution >= 0.6 is 0 Å². The Labute approximate surface area is 119 Å². The molecule has 2 atom stereocenters. The highest BCUT2D eigenvalue weighted by Gasteiger charge is 2.09. The fourth-order valence-corrected chi connectivity index (χ4v) is 2.73. The number of ether oxygens (including phenoxy) is 1. The number of hydrogen-bond acceptors (Lipinski definition) is 3. The van der Waals surface area contributed by atoms with Crippen molar-refractivity contribution in [3.63, 3.8) is 0 Å². The van der Waals surface area contributed by atoms with Crippen molar-refractivity contribution in [2.45, 2.75) is 22.8 Å². The highest BCUT2D eigenvalue weighted by atomic mass is 32.2. The highest BCUT2D eigenvalue weighted by molar-refractivity contribution is 7.85. The van der Waals surface area contributed by atoms with Crippen molar-refractivity contribution < 1.29 is 18.4 Å². The number of hydrogen-bond donors (Lipinski definition) is 1. The summed E-state index contributed by atoms with van der Waals surface area (Å²) >= 11 is 0. The predicted molar refractivity (Wildman–Crippen MR) is 74.7 cm³/mol. The number of rotatable bonds is 5. The Morgan fingerprint density at radius 2 is 1.85 bits per heavy atom. The second kappa shape index (κ2) is 6.63. The molecule has 3 nitrogen and oxygen atoms in total. The molecule has 2 aromatic rings. The number of benzene rings is 2. The summed E-state index contributed by atoms with van der Waals surface area (Å²) in [5.41, 5.74) is 0. The van der Waals surface area contributed by atoms with Gasteiger partial charge in [0.1, 0.15) is 18.2 Å². The van der Waals surface area contributed by atoms with Crippen LogP contribution in [-0.4, -0.2) is 22.0 Å². The van der Waals surface area contributed by atoms with Crippen molar-refractivity contribution in [1.82, 2.24) is 0 Å². The Hall–Kier alpha value is -1.72. The lowest BCUT2D eigenvalue weighted by atomic mass is 10.3. The van der Waals surface area contributed by atoms with Crippen LogP contribution < -0.4 is 4.74 Å². The lowest BCUT2D eigenvalue weighted by Gasteiger charge is -2.09. The maximum atomic E-state index is 13.1. The zero-order valence-corrected chi connectivity index (χ0v) is 11.8. The molecule has 0 heterocycles. The fraction of sp³-hybridized carbons (Fsp3) is 0.200. The number of aliphatic hydroxyl groups is 1. The quantitative estimate of drug-likeness (QED) is 0.922.